The third kappa shape index (κ3) is 4.75. The number of carbonyl (C=O) groups is 1. The zero-order valence-electron chi connectivity index (χ0n) is 10.5. The molecule has 0 bridgehead atoms. The molecule has 1 aromatic carbocycles. The van der Waals surface area contributed by atoms with E-state index in [9.17, 15) is 4.79 Å². The van der Waals surface area contributed by atoms with Crippen LogP contribution in [0.3, 0.4) is 0 Å². The van der Waals surface area contributed by atoms with Gasteiger partial charge in [-0.1, -0.05) is 36.5 Å². The molecular weight excluding hydrogens is 273 g/mol. The molecule has 3 nitrogen and oxygen atoms in total. The van der Waals surface area contributed by atoms with Gasteiger partial charge in [0.05, 0.1) is 5.02 Å². The highest BCUT2D eigenvalue weighted by Crippen LogP contribution is 2.28. The van der Waals surface area contributed by atoms with Crippen molar-refractivity contribution in [2.75, 3.05) is 6.54 Å². The number of rotatable bonds is 6. The molecule has 0 spiro atoms. The normalized spacial score (nSPS) is 12.0. The van der Waals surface area contributed by atoms with E-state index in [0.29, 0.717) is 22.3 Å². The lowest BCUT2D eigenvalue weighted by atomic mass is 10.3. The Morgan fingerprint density at radius 2 is 2.17 bits per heavy atom. The molecule has 0 aliphatic heterocycles. The highest BCUT2D eigenvalue weighted by atomic mass is 35.5. The number of hydrogen-bond acceptors (Lipinski definition) is 2. The summed E-state index contributed by atoms with van der Waals surface area (Å²) in [6.45, 7) is 4.42. The summed E-state index contributed by atoms with van der Waals surface area (Å²) >= 11 is 11.7. The van der Waals surface area contributed by atoms with Crippen molar-refractivity contribution in [2.45, 2.75) is 32.8 Å². The topological polar surface area (TPSA) is 38.3 Å². The number of hydrogen-bond donors (Lipinski definition) is 1. The minimum absolute atomic E-state index is 0.144. The largest absolute Gasteiger partial charge is 0.479 e. The smallest absolute Gasteiger partial charge is 0.260 e. The van der Waals surface area contributed by atoms with Gasteiger partial charge in [0.15, 0.2) is 6.10 Å². The Kier molecular flexibility index (Phi) is 6.30. The molecule has 0 radical (unpaired) electrons. The van der Waals surface area contributed by atoms with Gasteiger partial charge in [-0.15, -0.1) is 0 Å². The van der Waals surface area contributed by atoms with Crippen molar-refractivity contribution in [1.82, 2.24) is 5.32 Å². The summed E-state index contributed by atoms with van der Waals surface area (Å²) in [6, 6.07) is 4.91. The van der Waals surface area contributed by atoms with E-state index in [0.717, 1.165) is 12.8 Å². The van der Waals surface area contributed by atoms with Crippen LogP contribution in [0.1, 0.15) is 26.7 Å². The number of ether oxygens (including phenoxy) is 1. The van der Waals surface area contributed by atoms with Gasteiger partial charge >= 0.3 is 0 Å². The van der Waals surface area contributed by atoms with Crippen LogP contribution in [0.15, 0.2) is 18.2 Å². The van der Waals surface area contributed by atoms with Crippen LogP contribution in [0, 0.1) is 0 Å². The number of amides is 1. The summed E-state index contributed by atoms with van der Waals surface area (Å²) in [5.74, 6) is 0.314. The maximum absolute atomic E-state index is 11.7. The van der Waals surface area contributed by atoms with E-state index in [1.54, 1.807) is 25.1 Å². The van der Waals surface area contributed by atoms with Crippen LogP contribution in [-0.2, 0) is 4.79 Å². The van der Waals surface area contributed by atoms with Gasteiger partial charge in [-0.2, -0.15) is 0 Å². The van der Waals surface area contributed by atoms with E-state index in [1.807, 2.05) is 0 Å². The minimum atomic E-state index is -0.583. The first-order chi connectivity index (χ1) is 8.54. The van der Waals surface area contributed by atoms with Crippen molar-refractivity contribution >= 4 is 29.1 Å². The minimum Gasteiger partial charge on any atom is -0.479 e. The van der Waals surface area contributed by atoms with Gasteiger partial charge in [-0.05, 0) is 31.5 Å². The van der Waals surface area contributed by atoms with Gasteiger partial charge in [-0.25, -0.2) is 0 Å². The molecule has 0 aromatic heterocycles. The van der Waals surface area contributed by atoms with Crippen LogP contribution in [0.5, 0.6) is 5.75 Å². The highest BCUT2D eigenvalue weighted by molar-refractivity contribution is 6.35. The average molecular weight is 290 g/mol. The third-order valence-corrected chi connectivity index (χ3v) is 2.93. The lowest BCUT2D eigenvalue weighted by Gasteiger charge is -2.15. The second kappa shape index (κ2) is 7.49. The van der Waals surface area contributed by atoms with Crippen LogP contribution in [0.4, 0.5) is 0 Å². The quantitative estimate of drug-likeness (QED) is 0.812. The van der Waals surface area contributed by atoms with Crippen molar-refractivity contribution in [1.29, 1.82) is 0 Å². The molecule has 18 heavy (non-hydrogen) atoms. The standard InChI is InChI=1S/C13H17Cl2NO2/c1-3-4-7-16-13(17)9(2)18-12-6-5-10(14)8-11(12)15/h5-6,8-9H,3-4,7H2,1-2H3,(H,16,17)/t9-/m0/s1. The van der Waals surface area contributed by atoms with Gasteiger partial charge in [0, 0.05) is 11.6 Å². The molecule has 0 fully saturated rings. The molecule has 1 amide bonds. The van der Waals surface area contributed by atoms with Crippen molar-refractivity contribution in [3.63, 3.8) is 0 Å². The molecule has 1 aromatic rings. The van der Waals surface area contributed by atoms with Crippen molar-refractivity contribution in [3.8, 4) is 5.75 Å². The van der Waals surface area contributed by atoms with Gasteiger partial charge < -0.3 is 10.1 Å². The predicted octanol–water partition coefficient (Wildman–Crippen LogP) is 3.68. The SMILES string of the molecule is CCCCNC(=O)[C@H](C)Oc1ccc(Cl)cc1Cl. The number of unbranched alkanes of at least 4 members (excludes halogenated alkanes) is 1. The number of carbonyl (C=O) groups excluding carboxylic acids is 1. The summed E-state index contributed by atoms with van der Waals surface area (Å²) < 4.78 is 5.49. The van der Waals surface area contributed by atoms with Crippen molar-refractivity contribution in [3.05, 3.63) is 28.2 Å². The second-order valence-electron chi connectivity index (χ2n) is 3.98. The van der Waals surface area contributed by atoms with E-state index < -0.39 is 6.10 Å². The highest BCUT2D eigenvalue weighted by Gasteiger charge is 2.15. The van der Waals surface area contributed by atoms with E-state index >= 15 is 0 Å². The molecule has 0 saturated carbocycles. The molecule has 1 rings (SSSR count). The molecule has 0 heterocycles. The lowest BCUT2D eigenvalue weighted by Crippen LogP contribution is -2.36. The van der Waals surface area contributed by atoms with Crippen molar-refractivity contribution in [2.24, 2.45) is 0 Å². The Bertz CT molecular complexity index is 410. The zero-order valence-corrected chi connectivity index (χ0v) is 12.0. The Balaban J connectivity index is 2.53. The van der Waals surface area contributed by atoms with Crippen LogP contribution in [-0.4, -0.2) is 18.6 Å². The molecule has 100 valence electrons. The monoisotopic (exact) mass is 289 g/mol. The van der Waals surface area contributed by atoms with Crippen LogP contribution in [0.25, 0.3) is 0 Å². The molecule has 1 N–H and O–H groups in total. The fourth-order valence-electron chi connectivity index (χ4n) is 1.35. The number of benzene rings is 1. The van der Waals surface area contributed by atoms with Gasteiger partial charge in [-0.3, -0.25) is 4.79 Å². The molecule has 0 unspecified atom stereocenters. The predicted molar refractivity (Wildman–Crippen MR) is 74.5 cm³/mol. The molecule has 0 aliphatic rings. The molecule has 1 atom stereocenters. The number of nitrogens with one attached hydrogen (secondary N) is 1. The average Bonchev–Trinajstić information content (AvgIpc) is 2.32. The van der Waals surface area contributed by atoms with Gasteiger partial charge in [0.1, 0.15) is 5.75 Å². The van der Waals surface area contributed by atoms with E-state index in [1.165, 1.54) is 0 Å². The molecule has 5 heteroatoms. The first kappa shape index (κ1) is 15.1. The van der Waals surface area contributed by atoms with E-state index in [4.69, 9.17) is 27.9 Å². The summed E-state index contributed by atoms with van der Waals surface area (Å²) in [6.07, 6.45) is 1.42. The first-order valence-corrected chi connectivity index (χ1v) is 6.69. The first-order valence-electron chi connectivity index (χ1n) is 5.94. The van der Waals surface area contributed by atoms with Crippen LogP contribution < -0.4 is 10.1 Å². The summed E-state index contributed by atoms with van der Waals surface area (Å²) in [5, 5.41) is 3.73. The number of halogens is 2. The zero-order chi connectivity index (χ0) is 13.5. The maximum Gasteiger partial charge on any atom is 0.260 e. The van der Waals surface area contributed by atoms with E-state index in [-0.39, 0.29) is 5.91 Å². The Morgan fingerprint density at radius 1 is 1.44 bits per heavy atom. The van der Waals surface area contributed by atoms with E-state index in [2.05, 4.69) is 12.2 Å². The Hall–Kier alpha value is -0.930. The fraction of sp³-hybridized carbons (Fsp3) is 0.462. The second-order valence-corrected chi connectivity index (χ2v) is 4.82. The molecule has 0 saturated heterocycles. The van der Waals surface area contributed by atoms with Gasteiger partial charge in [0.2, 0.25) is 0 Å². The summed E-state index contributed by atoms with van der Waals surface area (Å²) in [4.78, 5) is 11.7. The third-order valence-electron chi connectivity index (χ3n) is 2.40. The Labute approximate surface area is 117 Å². The maximum atomic E-state index is 11.7. The van der Waals surface area contributed by atoms with Gasteiger partial charge in [0.25, 0.3) is 5.91 Å². The van der Waals surface area contributed by atoms with Crippen LogP contribution >= 0.6 is 23.2 Å². The van der Waals surface area contributed by atoms with Crippen molar-refractivity contribution < 1.29 is 9.53 Å². The Morgan fingerprint density at radius 3 is 2.78 bits per heavy atom. The molecule has 0 aliphatic carbocycles. The molecular formula is C13H17Cl2NO2. The summed E-state index contributed by atoms with van der Waals surface area (Å²) in [7, 11) is 0. The van der Waals surface area contributed by atoms with Crippen LogP contribution in [0.2, 0.25) is 10.0 Å². The fourth-order valence-corrected chi connectivity index (χ4v) is 1.80. The summed E-state index contributed by atoms with van der Waals surface area (Å²) in [5.41, 5.74) is 0. The lowest BCUT2D eigenvalue weighted by molar-refractivity contribution is -0.127.